The van der Waals surface area contributed by atoms with Gasteiger partial charge in [-0.15, -0.1) is 0 Å². The first-order chi connectivity index (χ1) is 27.5. The smallest absolute Gasteiger partial charge is 0.140 e. The van der Waals surface area contributed by atoms with Gasteiger partial charge in [-0.3, -0.25) is 0 Å². The second-order valence-electron chi connectivity index (χ2n) is 16.0. The van der Waals surface area contributed by atoms with E-state index in [0.717, 1.165) is 33.9 Å². The molecule has 9 aromatic rings. The first-order valence-corrected chi connectivity index (χ1v) is 19.6. The highest BCUT2D eigenvalue weighted by Crippen LogP contribution is 2.63. The van der Waals surface area contributed by atoms with Gasteiger partial charge in [-0.25, -0.2) is 0 Å². The van der Waals surface area contributed by atoms with Gasteiger partial charge in [0.15, 0.2) is 0 Å². The third-order valence-corrected chi connectivity index (χ3v) is 12.9. The van der Waals surface area contributed by atoms with E-state index in [-0.39, 0.29) is 5.41 Å². The van der Waals surface area contributed by atoms with Crippen LogP contribution >= 0.6 is 0 Å². The van der Waals surface area contributed by atoms with Crippen molar-refractivity contribution in [2.24, 2.45) is 0 Å². The minimum atomic E-state index is -0.595. The molecule has 0 saturated carbocycles. The molecular weight excluding hydrogens is 679 g/mol. The fourth-order valence-electron chi connectivity index (χ4n) is 10.4. The van der Waals surface area contributed by atoms with Gasteiger partial charge < -0.3 is 9.64 Å². The van der Waals surface area contributed by atoms with Gasteiger partial charge in [-0.1, -0.05) is 166 Å². The molecule has 3 aliphatic rings. The minimum absolute atomic E-state index is 0.131. The van der Waals surface area contributed by atoms with E-state index >= 15 is 0 Å². The summed E-state index contributed by atoms with van der Waals surface area (Å²) in [4.78, 5) is 2.49. The summed E-state index contributed by atoms with van der Waals surface area (Å²) < 4.78 is 6.95. The van der Waals surface area contributed by atoms with Crippen LogP contribution in [0.4, 0.5) is 17.1 Å². The van der Waals surface area contributed by atoms with Crippen molar-refractivity contribution >= 4 is 38.6 Å². The fourth-order valence-corrected chi connectivity index (χ4v) is 10.4. The highest BCUT2D eigenvalue weighted by Gasteiger charge is 2.51. The van der Waals surface area contributed by atoms with Crippen molar-refractivity contribution in [2.45, 2.75) is 24.7 Å². The lowest BCUT2D eigenvalue weighted by atomic mass is 9.65. The highest BCUT2D eigenvalue weighted by molar-refractivity contribution is 6.01. The van der Waals surface area contributed by atoms with Gasteiger partial charge in [0.1, 0.15) is 11.5 Å². The Hall–Kier alpha value is -6.90. The molecule has 0 bridgehead atoms. The summed E-state index contributed by atoms with van der Waals surface area (Å²) in [5.74, 6) is 1.83. The molecule has 1 aliphatic heterocycles. The number of ether oxygens (including phenoxy) is 1. The molecule has 0 N–H and O–H groups in total. The van der Waals surface area contributed by atoms with E-state index in [1.807, 2.05) is 0 Å². The van der Waals surface area contributed by atoms with Gasteiger partial charge in [0, 0.05) is 38.7 Å². The van der Waals surface area contributed by atoms with Gasteiger partial charge in [0.2, 0.25) is 0 Å². The van der Waals surface area contributed by atoms with Crippen molar-refractivity contribution in [1.29, 1.82) is 0 Å². The van der Waals surface area contributed by atoms with E-state index in [1.165, 1.54) is 71.8 Å². The molecule has 1 unspecified atom stereocenters. The van der Waals surface area contributed by atoms with Crippen LogP contribution in [-0.4, -0.2) is 0 Å². The maximum absolute atomic E-state index is 6.95. The predicted octanol–water partition coefficient (Wildman–Crippen LogP) is 14.2. The van der Waals surface area contributed by atoms with Crippen molar-refractivity contribution in [3.63, 3.8) is 0 Å². The Balaban J connectivity index is 1.16. The van der Waals surface area contributed by atoms with Crippen LogP contribution in [0, 0.1) is 0 Å². The quantitative estimate of drug-likeness (QED) is 0.181. The summed E-state index contributed by atoms with van der Waals surface area (Å²) >= 11 is 0. The van der Waals surface area contributed by atoms with Crippen molar-refractivity contribution in [1.82, 2.24) is 0 Å². The van der Waals surface area contributed by atoms with Crippen LogP contribution in [0.2, 0.25) is 0 Å². The van der Waals surface area contributed by atoms with E-state index in [1.54, 1.807) is 0 Å². The number of hydrogen-bond acceptors (Lipinski definition) is 2. The van der Waals surface area contributed by atoms with E-state index in [4.69, 9.17) is 4.74 Å². The van der Waals surface area contributed by atoms with Crippen LogP contribution in [0.1, 0.15) is 47.2 Å². The molecule has 12 rings (SSSR count). The Bertz CT molecular complexity index is 3110. The van der Waals surface area contributed by atoms with E-state index in [0.29, 0.717) is 0 Å². The molecule has 0 saturated heterocycles. The molecule has 1 spiro atoms. The number of anilines is 3. The number of hydrogen-bond donors (Lipinski definition) is 0. The van der Waals surface area contributed by atoms with Crippen molar-refractivity contribution < 1.29 is 4.74 Å². The van der Waals surface area contributed by atoms with Crippen LogP contribution < -0.4 is 9.64 Å². The summed E-state index contributed by atoms with van der Waals surface area (Å²) in [6.07, 6.45) is 0. The minimum Gasteiger partial charge on any atom is -0.456 e. The molecule has 0 radical (unpaired) electrons. The molecule has 0 amide bonds. The summed E-state index contributed by atoms with van der Waals surface area (Å²) in [7, 11) is 0. The van der Waals surface area contributed by atoms with Crippen LogP contribution in [0.15, 0.2) is 188 Å². The Morgan fingerprint density at radius 1 is 0.393 bits per heavy atom. The monoisotopic (exact) mass is 715 g/mol. The zero-order valence-electron chi connectivity index (χ0n) is 31.3. The molecule has 1 heterocycles. The van der Waals surface area contributed by atoms with Crippen LogP contribution in [-0.2, 0) is 10.8 Å². The number of para-hydroxylation sites is 1. The maximum atomic E-state index is 6.95. The van der Waals surface area contributed by atoms with Crippen molar-refractivity contribution in [3.8, 4) is 33.8 Å². The number of benzene rings is 9. The van der Waals surface area contributed by atoms with Crippen LogP contribution in [0.25, 0.3) is 43.8 Å². The summed E-state index contributed by atoms with van der Waals surface area (Å²) in [6.45, 7) is 4.73. The highest BCUT2D eigenvalue weighted by atomic mass is 16.5. The predicted molar refractivity (Wildman–Crippen MR) is 231 cm³/mol. The number of fused-ring (bicyclic) bond motifs is 15. The Morgan fingerprint density at radius 2 is 0.946 bits per heavy atom. The third kappa shape index (κ3) is 4.06. The van der Waals surface area contributed by atoms with Gasteiger partial charge in [0.05, 0.1) is 11.1 Å². The molecule has 0 fully saturated rings. The van der Waals surface area contributed by atoms with E-state index in [9.17, 15) is 0 Å². The molecule has 9 aromatic carbocycles. The van der Waals surface area contributed by atoms with Crippen molar-refractivity contribution in [2.75, 3.05) is 4.90 Å². The molecular formula is C54H37NO. The first kappa shape index (κ1) is 31.5. The first-order valence-electron chi connectivity index (χ1n) is 19.6. The molecule has 0 aromatic heterocycles. The molecule has 1 atom stereocenters. The molecule has 2 nitrogen and oxygen atoms in total. The molecule has 264 valence electrons. The zero-order chi connectivity index (χ0) is 37.2. The topological polar surface area (TPSA) is 12.5 Å². The van der Waals surface area contributed by atoms with Gasteiger partial charge in [-0.2, -0.15) is 0 Å². The summed E-state index contributed by atoms with van der Waals surface area (Å²) in [5.41, 5.74) is 15.5. The second-order valence-corrected chi connectivity index (χ2v) is 16.0. The average molecular weight is 716 g/mol. The lowest BCUT2D eigenvalue weighted by Crippen LogP contribution is -2.32. The van der Waals surface area contributed by atoms with E-state index in [2.05, 4.69) is 207 Å². The Morgan fingerprint density at radius 3 is 1.73 bits per heavy atom. The maximum Gasteiger partial charge on any atom is 0.140 e. The normalized spacial score (nSPS) is 16.4. The van der Waals surface area contributed by atoms with Crippen LogP contribution in [0.5, 0.6) is 11.5 Å². The third-order valence-electron chi connectivity index (χ3n) is 12.9. The summed E-state index contributed by atoms with van der Waals surface area (Å²) in [5, 5.41) is 4.72. The zero-order valence-corrected chi connectivity index (χ0v) is 31.3. The lowest BCUT2D eigenvalue weighted by Gasteiger charge is -2.40. The van der Waals surface area contributed by atoms with Crippen LogP contribution in [0.3, 0.4) is 0 Å². The average Bonchev–Trinajstić information content (AvgIpc) is 3.66. The van der Waals surface area contributed by atoms with Gasteiger partial charge >= 0.3 is 0 Å². The number of nitrogens with zero attached hydrogens (tertiary/aromatic N) is 1. The second kappa shape index (κ2) is 11.3. The Labute approximate surface area is 326 Å². The largest absolute Gasteiger partial charge is 0.456 e. The lowest BCUT2D eigenvalue weighted by molar-refractivity contribution is 0.441. The summed E-state index contributed by atoms with van der Waals surface area (Å²) in [6, 6.07) is 69.5. The van der Waals surface area contributed by atoms with Crippen molar-refractivity contribution in [3.05, 3.63) is 221 Å². The molecule has 56 heavy (non-hydrogen) atoms. The molecule has 2 heteroatoms. The van der Waals surface area contributed by atoms with E-state index < -0.39 is 5.41 Å². The fraction of sp³-hybridized carbons (Fsp3) is 0.0741. The van der Waals surface area contributed by atoms with Gasteiger partial charge in [-0.05, 0) is 91.7 Å². The Kier molecular flexibility index (Phi) is 6.36. The standard InChI is InChI=1S/C54H37NO/c1-53(2)44-21-9-7-19-40(44)42-29-27-36(32-48(42)53)55(50-24-13-16-34-14-3-5-17-38(34)50)37-28-30-43-41-20-8-10-22-45(41)54(49(43)33-37)46-23-11-12-25-51(46)56-52-39-18-6-4-15-35(39)26-31-47(52)54/h3-33H,1-2H3. The van der Waals surface area contributed by atoms with Gasteiger partial charge in [0.25, 0.3) is 0 Å². The molecule has 2 aliphatic carbocycles. The SMILES string of the molecule is CC1(C)c2ccccc2-c2ccc(N(c3ccc4c(c3)C3(c5ccccc5Oc5c3ccc3ccccc53)c3ccccc3-4)c3cccc4ccccc34)cc21. The number of rotatable bonds is 3.